The van der Waals surface area contributed by atoms with Crippen molar-refractivity contribution in [1.29, 1.82) is 0 Å². The van der Waals surface area contributed by atoms with Gasteiger partial charge in [0, 0.05) is 19.0 Å². The monoisotopic (exact) mass is 339 g/mol. The number of benzene rings is 1. The van der Waals surface area contributed by atoms with Gasteiger partial charge in [0.05, 0.1) is 15.9 Å². The summed E-state index contributed by atoms with van der Waals surface area (Å²) in [6.45, 7) is 4.02. The van der Waals surface area contributed by atoms with Gasteiger partial charge < -0.3 is 5.73 Å². The third-order valence-corrected chi connectivity index (χ3v) is 4.46. The van der Waals surface area contributed by atoms with E-state index in [2.05, 4.69) is 28.0 Å². The molecule has 3 nitrogen and oxygen atoms in total. The molecule has 20 heavy (non-hydrogen) atoms. The molecule has 0 aliphatic heterocycles. The lowest BCUT2D eigenvalue weighted by molar-refractivity contribution is 0.470. The minimum absolute atomic E-state index is 0.250. The van der Waals surface area contributed by atoms with E-state index in [9.17, 15) is 4.39 Å². The summed E-state index contributed by atoms with van der Waals surface area (Å²) in [4.78, 5) is 0. The van der Waals surface area contributed by atoms with Crippen LogP contribution in [0.1, 0.15) is 30.8 Å². The molecule has 1 aromatic heterocycles. The van der Waals surface area contributed by atoms with Crippen LogP contribution >= 0.6 is 15.9 Å². The van der Waals surface area contributed by atoms with E-state index in [4.69, 9.17) is 5.73 Å². The van der Waals surface area contributed by atoms with Gasteiger partial charge in [-0.05, 0) is 47.0 Å². The lowest BCUT2D eigenvalue weighted by atomic mass is 9.88. The molecule has 0 saturated carbocycles. The predicted octanol–water partition coefficient (Wildman–Crippen LogP) is 3.30. The highest BCUT2D eigenvalue weighted by atomic mass is 79.9. The number of nitrogens with two attached hydrogens (primary N) is 1. The highest BCUT2D eigenvalue weighted by Crippen LogP contribution is 2.29. The van der Waals surface area contributed by atoms with E-state index in [1.54, 1.807) is 12.1 Å². The van der Waals surface area contributed by atoms with Crippen molar-refractivity contribution in [2.45, 2.75) is 32.2 Å². The van der Waals surface area contributed by atoms with Gasteiger partial charge in [-0.3, -0.25) is 4.68 Å². The molecule has 0 amide bonds. The molecule has 1 heterocycles. The molecule has 5 heteroatoms. The molecule has 0 aliphatic rings. The summed E-state index contributed by atoms with van der Waals surface area (Å²) in [6, 6.07) is 6.35. The summed E-state index contributed by atoms with van der Waals surface area (Å²) < 4.78 is 15.9. The molecule has 1 atom stereocenters. The molecule has 0 saturated heterocycles. The average Bonchev–Trinajstić information content (AvgIpc) is 2.66. The van der Waals surface area contributed by atoms with Gasteiger partial charge in [0.25, 0.3) is 0 Å². The van der Waals surface area contributed by atoms with Crippen LogP contribution in [0.15, 0.2) is 28.7 Å². The number of hydrogen-bond acceptors (Lipinski definition) is 2. The third-order valence-electron chi connectivity index (χ3n) is 3.54. The van der Waals surface area contributed by atoms with E-state index in [0.717, 1.165) is 27.8 Å². The van der Waals surface area contributed by atoms with Crippen LogP contribution in [0.2, 0.25) is 0 Å². The number of aromatic nitrogens is 2. The SMILES string of the molecule is CCc1nn(C)c(CC(C)(N)c2ccc(F)cc2)c1Br. The molecule has 2 aromatic rings. The molecule has 1 unspecified atom stereocenters. The van der Waals surface area contributed by atoms with Crippen molar-refractivity contribution < 1.29 is 4.39 Å². The Hall–Kier alpha value is -1.20. The standard InChI is InChI=1S/C15H19BrFN3/c1-4-12-14(16)13(20(3)19-12)9-15(2,18)10-5-7-11(17)8-6-10/h5-8H,4,9,18H2,1-3H3. The van der Waals surface area contributed by atoms with Crippen molar-refractivity contribution in [3.8, 4) is 0 Å². The van der Waals surface area contributed by atoms with Gasteiger partial charge >= 0.3 is 0 Å². The Bertz CT molecular complexity index is 602. The Morgan fingerprint density at radius 3 is 2.45 bits per heavy atom. The fraction of sp³-hybridized carbons (Fsp3) is 0.400. The zero-order valence-electron chi connectivity index (χ0n) is 12.0. The lowest BCUT2D eigenvalue weighted by Gasteiger charge is -2.25. The van der Waals surface area contributed by atoms with Crippen molar-refractivity contribution in [2.24, 2.45) is 12.8 Å². The molecule has 2 N–H and O–H groups in total. The summed E-state index contributed by atoms with van der Waals surface area (Å²) >= 11 is 3.60. The van der Waals surface area contributed by atoms with E-state index in [0.29, 0.717) is 6.42 Å². The fourth-order valence-corrected chi connectivity index (χ4v) is 3.05. The quantitative estimate of drug-likeness (QED) is 0.928. The maximum atomic E-state index is 13.0. The van der Waals surface area contributed by atoms with Gasteiger partial charge in [0.2, 0.25) is 0 Å². The van der Waals surface area contributed by atoms with E-state index in [-0.39, 0.29) is 5.82 Å². The fourth-order valence-electron chi connectivity index (χ4n) is 2.29. The Morgan fingerprint density at radius 2 is 1.95 bits per heavy atom. The summed E-state index contributed by atoms with van der Waals surface area (Å²) in [7, 11) is 1.92. The van der Waals surface area contributed by atoms with Crippen LogP contribution in [0.4, 0.5) is 4.39 Å². The Labute approximate surface area is 127 Å². The average molecular weight is 340 g/mol. The first kappa shape index (κ1) is 15.2. The first-order valence-corrected chi connectivity index (χ1v) is 7.39. The second-order valence-corrected chi connectivity index (χ2v) is 6.08. The molecule has 1 aromatic carbocycles. The number of hydrogen-bond donors (Lipinski definition) is 1. The zero-order chi connectivity index (χ0) is 14.9. The largest absolute Gasteiger partial charge is 0.321 e. The van der Waals surface area contributed by atoms with Crippen molar-refractivity contribution in [1.82, 2.24) is 9.78 Å². The maximum absolute atomic E-state index is 13.0. The molecule has 108 valence electrons. The van der Waals surface area contributed by atoms with Crippen molar-refractivity contribution in [3.05, 3.63) is 51.5 Å². The molecule has 0 fully saturated rings. The van der Waals surface area contributed by atoms with Gasteiger partial charge in [-0.25, -0.2) is 4.39 Å². The molecule has 0 aliphatic carbocycles. The minimum Gasteiger partial charge on any atom is -0.321 e. The maximum Gasteiger partial charge on any atom is 0.123 e. The van der Waals surface area contributed by atoms with Crippen molar-refractivity contribution in [3.63, 3.8) is 0 Å². The Kier molecular flexibility index (Phi) is 4.30. The van der Waals surface area contributed by atoms with E-state index >= 15 is 0 Å². The highest BCUT2D eigenvalue weighted by molar-refractivity contribution is 9.10. The molecule has 2 rings (SSSR count). The summed E-state index contributed by atoms with van der Waals surface area (Å²) in [5.41, 5.74) is 8.83. The van der Waals surface area contributed by atoms with Crippen LogP contribution in [0.3, 0.4) is 0 Å². The molecular formula is C15H19BrFN3. The van der Waals surface area contributed by atoms with Crippen LogP contribution in [0.5, 0.6) is 0 Å². The first-order valence-electron chi connectivity index (χ1n) is 6.60. The van der Waals surface area contributed by atoms with Gasteiger partial charge in [-0.1, -0.05) is 19.1 Å². The number of aryl methyl sites for hydroxylation is 2. The Balaban J connectivity index is 2.32. The predicted molar refractivity (Wildman–Crippen MR) is 81.9 cm³/mol. The lowest BCUT2D eigenvalue weighted by Crippen LogP contribution is -2.36. The van der Waals surface area contributed by atoms with Gasteiger partial charge in [0.15, 0.2) is 0 Å². The van der Waals surface area contributed by atoms with Gasteiger partial charge in [-0.15, -0.1) is 0 Å². The summed E-state index contributed by atoms with van der Waals surface area (Å²) in [5.74, 6) is -0.250. The topological polar surface area (TPSA) is 43.8 Å². The van der Waals surface area contributed by atoms with E-state index < -0.39 is 5.54 Å². The Morgan fingerprint density at radius 1 is 1.35 bits per heavy atom. The van der Waals surface area contributed by atoms with Crippen LogP contribution in [-0.2, 0) is 25.4 Å². The molecule has 0 radical (unpaired) electrons. The van der Waals surface area contributed by atoms with Crippen LogP contribution in [0, 0.1) is 5.82 Å². The highest BCUT2D eigenvalue weighted by Gasteiger charge is 2.26. The van der Waals surface area contributed by atoms with E-state index in [1.165, 1.54) is 12.1 Å². The zero-order valence-corrected chi connectivity index (χ0v) is 13.5. The molecular weight excluding hydrogens is 321 g/mol. The number of rotatable bonds is 4. The normalized spacial score (nSPS) is 14.3. The minimum atomic E-state index is -0.574. The third kappa shape index (κ3) is 2.94. The second kappa shape index (κ2) is 5.66. The first-order chi connectivity index (χ1) is 9.35. The smallest absolute Gasteiger partial charge is 0.123 e. The number of halogens is 2. The van der Waals surface area contributed by atoms with Gasteiger partial charge in [-0.2, -0.15) is 5.10 Å². The van der Waals surface area contributed by atoms with E-state index in [1.807, 2.05) is 18.7 Å². The summed E-state index contributed by atoms with van der Waals surface area (Å²) in [5, 5.41) is 4.47. The second-order valence-electron chi connectivity index (χ2n) is 5.29. The van der Waals surface area contributed by atoms with Crippen molar-refractivity contribution in [2.75, 3.05) is 0 Å². The van der Waals surface area contributed by atoms with Crippen molar-refractivity contribution >= 4 is 15.9 Å². The molecule has 0 bridgehead atoms. The van der Waals surface area contributed by atoms with Crippen LogP contribution in [0.25, 0.3) is 0 Å². The van der Waals surface area contributed by atoms with Gasteiger partial charge in [0.1, 0.15) is 5.82 Å². The number of nitrogens with zero attached hydrogens (tertiary/aromatic N) is 2. The molecule has 0 spiro atoms. The van der Waals surface area contributed by atoms with Crippen LogP contribution in [-0.4, -0.2) is 9.78 Å². The summed E-state index contributed by atoms with van der Waals surface area (Å²) in [6.07, 6.45) is 1.50. The van der Waals surface area contributed by atoms with Crippen LogP contribution < -0.4 is 5.73 Å².